The highest BCUT2D eigenvalue weighted by Crippen LogP contribution is 2.18. The Hall–Kier alpha value is -3.12. The lowest BCUT2D eigenvalue weighted by Gasteiger charge is -2.09. The lowest BCUT2D eigenvalue weighted by Crippen LogP contribution is -2.20. The van der Waals surface area contributed by atoms with Crippen LogP contribution in [0.15, 0.2) is 60.7 Å². The Balaban J connectivity index is 1.50. The summed E-state index contributed by atoms with van der Waals surface area (Å²) >= 11 is 5.81. The fourth-order valence-electron chi connectivity index (χ4n) is 2.13. The molecule has 0 aliphatic carbocycles. The fraction of sp³-hybridized carbons (Fsp3) is 0.105. The normalized spacial score (nSPS) is 10.2. The van der Waals surface area contributed by atoms with Gasteiger partial charge in [0.25, 0.3) is 5.91 Å². The zero-order valence-electron chi connectivity index (χ0n) is 14.1. The van der Waals surface area contributed by atoms with Gasteiger partial charge in [-0.25, -0.2) is 0 Å². The SMILES string of the molecule is Cc1ccc(Nc2ccc(NC(=O)COc3ccc(Cl)cc3)cc2)nn1. The molecule has 7 heteroatoms. The number of hydrogen-bond acceptors (Lipinski definition) is 5. The van der Waals surface area contributed by atoms with Crippen LogP contribution in [0.4, 0.5) is 17.2 Å². The van der Waals surface area contributed by atoms with Gasteiger partial charge in [-0.3, -0.25) is 4.79 Å². The molecule has 0 saturated heterocycles. The van der Waals surface area contributed by atoms with E-state index in [1.54, 1.807) is 36.4 Å². The van der Waals surface area contributed by atoms with E-state index in [9.17, 15) is 4.79 Å². The number of carbonyl (C=O) groups is 1. The van der Waals surface area contributed by atoms with Gasteiger partial charge in [0.15, 0.2) is 12.4 Å². The maximum atomic E-state index is 12.0. The molecule has 2 N–H and O–H groups in total. The van der Waals surface area contributed by atoms with Crippen LogP contribution >= 0.6 is 11.6 Å². The topological polar surface area (TPSA) is 76.1 Å². The molecule has 2 aromatic carbocycles. The smallest absolute Gasteiger partial charge is 0.262 e. The molecule has 0 aliphatic heterocycles. The maximum Gasteiger partial charge on any atom is 0.262 e. The molecule has 1 amide bonds. The van der Waals surface area contributed by atoms with Gasteiger partial charge in [0.05, 0.1) is 5.69 Å². The number of halogens is 1. The lowest BCUT2D eigenvalue weighted by atomic mass is 10.2. The minimum absolute atomic E-state index is 0.0827. The summed E-state index contributed by atoms with van der Waals surface area (Å²) in [6.45, 7) is 1.80. The van der Waals surface area contributed by atoms with Crippen LogP contribution in [0, 0.1) is 6.92 Å². The van der Waals surface area contributed by atoms with Crippen molar-refractivity contribution in [3.8, 4) is 5.75 Å². The minimum Gasteiger partial charge on any atom is -0.484 e. The van der Waals surface area contributed by atoms with Gasteiger partial charge in [-0.15, -0.1) is 5.10 Å². The second-order valence-electron chi connectivity index (χ2n) is 5.55. The van der Waals surface area contributed by atoms with Crippen molar-refractivity contribution >= 4 is 34.7 Å². The summed E-state index contributed by atoms with van der Waals surface area (Å²) in [7, 11) is 0. The molecular weight excluding hydrogens is 352 g/mol. The molecule has 0 fully saturated rings. The molecule has 0 bridgehead atoms. The van der Waals surface area contributed by atoms with Crippen molar-refractivity contribution in [3.63, 3.8) is 0 Å². The Kier molecular flexibility index (Phi) is 5.66. The number of aromatic nitrogens is 2. The highest BCUT2D eigenvalue weighted by molar-refractivity contribution is 6.30. The van der Waals surface area contributed by atoms with Gasteiger partial charge in [-0.1, -0.05) is 11.6 Å². The van der Waals surface area contributed by atoms with Crippen LogP contribution in [0.1, 0.15) is 5.69 Å². The number of ether oxygens (including phenoxy) is 1. The predicted molar refractivity (Wildman–Crippen MR) is 102 cm³/mol. The van der Waals surface area contributed by atoms with Crippen molar-refractivity contribution < 1.29 is 9.53 Å². The minimum atomic E-state index is -0.245. The first-order valence-corrected chi connectivity index (χ1v) is 8.32. The standard InChI is InChI=1S/C19H17ClN4O2/c1-13-2-11-18(24-23-13)21-15-5-7-16(8-6-15)22-19(25)12-26-17-9-3-14(20)4-10-17/h2-11H,12H2,1H3,(H,21,24)(H,22,25). The van der Waals surface area contributed by atoms with E-state index in [-0.39, 0.29) is 12.5 Å². The number of carbonyl (C=O) groups excluding carboxylic acids is 1. The predicted octanol–water partition coefficient (Wildman–Crippen LogP) is 4.20. The molecule has 0 aliphatic rings. The third-order valence-corrected chi connectivity index (χ3v) is 3.67. The van der Waals surface area contributed by atoms with Crippen LogP contribution in [-0.4, -0.2) is 22.7 Å². The van der Waals surface area contributed by atoms with Crippen LogP contribution in [-0.2, 0) is 4.79 Å². The van der Waals surface area contributed by atoms with Crippen molar-refractivity contribution in [2.24, 2.45) is 0 Å². The molecule has 6 nitrogen and oxygen atoms in total. The number of rotatable bonds is 6. The number of anilines is 3. The van der Waals surface area contributed by atoms with Crippen LogP contribution in [0.25, 0.3) is 0 Å². The molecule has 0 spiro atoms. The third-order valence-electron chi connectivity index (χ3n) is 3.42. The van der Waals surface area contributed by atoms with Crippen LogP contribution in [0.2, 0.25) is 5.02 Å². The van der Waals surface area contributed by atoms with Crippen LogP contribution in [0.3, 0.4) is 0 Å². The number of amides is 1. The second kappa shape index (κ2) is 8.31. The first kappa shape index (κ1) is 17.7. The molecule has 0 radical (unpaired) electrons. The summed E-state index contributed by atoms with van der Waals surface area (Å²) in [6.07, 6.45) is 0. The van der Waals surface area contributed by atoms with Gasteiger partial charge < -0.3 is 15.4 Å². The first-order chi connectivity index (χ1) is 12.6. The van der Waals surface area contributed by atoms with E-state index in [1.807, 2.05) is 31.2 Å². The van der Waals surface area contributed by atoms with E-state index >= 15 is 0 Å². The summed E-state index contributed by atoms with van der Waals surface area (Å²) in [6, 6.07) is 17.9. The summed E-state index contributed by atoms with van der Waals surface area (Å²) < 4.78 is 5.41. The zero-order valence-corrected chi connectivity index (χ0v) is 14.8. The molecule has 3 rings (SSSR count). The Labute approximate surface area is 156 Å². The monoisotopic (exact) mass is 368 g/mol. The van der Waals surface area contributed by atoms with Crippen LogP contribution < -0.4 is 15.4 Å². The van der Waals surface area contributed by atoms with E-state index in [0.29, 0.717) is 22.3 Å². The van der Waals surface area contributed by atoms with E-state index in [0.717, 1.165) is 11.4 Å². The third kappa shape index (κ3) is 5.19. The van der Waals surface area contributed by atoms with E-state index < -0.39 is 0 Å². The van der Waals surface area contributed by atoms with Crippen molar-refractivity contribution in [3.05, 3.63) is 71.4 Å². The van der Waals surface area contributed by atoms with Gasteiger partial charge in [-0.05, 0) is 67.6 Å². The van der Waals surface area contributed by atoms with Crippen molar-refractivity contribution in [2.75, 3.05) is 17.2 Å². The molecule has 0 unspecified atom stereocenters. The summed E-state index contributed by atoms with van der Waals surface area (Å²) in [4.78, 5) is 12.0. The van der Waals surface area contributed by atoms with E-state index in [2.05, 4.69) is 20.8 Å². The fourth-order valence-corrected chi connectivity index (χ4v) is 2.25. The average molecular weight is 369 g/mol. The zero-order chi connectivity index (χ0) is 18.4. The second-order valence-corrected chi connectivity index (χ2v) is 5.99. The lowest BCUT2D eigenvalue weighted by molar-refractivity contribution is -0.118. The van der Waals surface area contributed by atoms with Crippen molar-refractivity contribution in [1.82, 2.24) is 10.2 Å². The number of nitrogens with zero attached hydrogens (tertiary/aromatic N) is 2. The van der Waals surface area contributed by atoms with E-state index in [4.69, 9.17) is 16.3 Å². The van der Waals surface area contributed by atoms with Crippen molar-refractivity contribution in [2.45, 2.75) is 6.92 Å². The Bertz CT molecular complexity index is 866. The van der Waals surface area contributed by atoms with Crippen molar-refractivity contribution in [1.29, 1.82) is 0 Å². The molecular formula is C19H17ClN4O2. The Morgan fingerprint density at radius 2 is 1.65 bits per heavy atom. The van der Waals surface area contributed by atoms with Gasteiger partial charge in [-0.2, -0.15) is 5.10 Å². The number of nitrogens with one attached hydrogen (secondary N) is 2. The summed E-state index contributed by atoms with van der Waals surface area (Å²) in [5.41, 5.74) is 2.38. The van der Waals surface area contributed by atoms with E-state index in [1.165, 1.54) is 0 Å². The molecule has 132 valence electrons. The maximum absolute atomic E-state index is 12.0. The molecule has 0 atom stereocenters. The number of aryl methyl sites for hydroxylation is 1. The molecule has 3 aromatic rings. The highest BCUT2D eigenvalue weighted by Gasteiger charge is 2.04. The number of hydrogen-bond donors (Lipinski definition) is 2. The molecule has 26 heavy (non-hydrogen) atoms. The number of benzene rings is 2. The highest BCUT2D eigenvalue weighted by atomic mass is 35.5. The van der Waals surface area contributed by atoms with Gasteiger partial charge in [0.2, 0.25) is 0 Å². The summed E-state index contributed by atoms with van der Waals surface area (Å²) in [5.74, 6) is 0.997. The van der Waals surface area contributed by atoms with Gasteiger partial charge >= 0.3 is 0 Å². The first-order valence-electron chi connectivity index (χ1n) is 7.94. The average Bonchev–Trinajstić information content (AvgIpc) is 2.65. The quantitative estimate of drug-likeness (QED) is 0.682. The Morgan fingerprint density at radius 3 is 2.31 bits per heavy atom. The van der Waals surface area contributed by atoms with Gasteiger partial charge in [0, 0.05) is 16.4 Å². The summed E-state index contributed by atoms with van der Waals surface area (Å²) in [5, 5.41) is 14.6. The molecule has 1 heterocycles. The Morgan fingerprint density at radius 1 is 0.962 bits per heavy atom. The molecule has 0 saturated carbocycles. The van der Waals surface area contributed by atoms with Gasteiger partial charge in [0.1, 0.15) is 5.75 Å². The van der Waals surface area contributed by atoms with Crippen LogP contribution in [0.5, 0.6) is 5.75 Å². The molecule has 1 aromatic heterocycles. The largest absolute Gasteiger partial charge is 0.484 e.